The van der Waals surface area contributed by atoms with E-state index in [1.165, 1.54) is 0 Å². The second-order valence-corrected chi connectivity index (χ2v) is 5.66. The lowest BCUT2D eigenvalue weighted by Gasteiger charge is -2.07. The van der Waals surface area contributed by atoms with Gasteiger partial charge in [0, 0.05) is 17.2 Å². The quantitative estimate of drug-likeness (QED) is 0.721. The van der Waals surface area contributed by atoms with E-state index in [-0.39, 0.29) is 12.1 Å². The van der Waals surface area contributed by atoms with E-state index >= 15 is 0 Å². The number of carbonyl (C=O) groups excluding carboxylic acids is 1. The van der Waals surface area contributed by atoms with E-state index in [2.05, 4.69) is 10.5 Å². The molecule has 1 heterocycles. The Morgan fingerprint density at radius 2 is 1.78 bits per heavy atom. The van der Waals surface area contributed by atoms with Gasteiger partial charge in [0.15, 0.2) is 5.76 Å². The number of nitrogens with zero attached hydrogens (tertiary/aromatic N) is 1. The molecule has 2 aromatic carbocycles. The van der Waals surface area contributed by atoms with Crippen LogP contribution in [0.15, 0.2) is 59.1 Å². The van der Waals surface area contributed by atoms with Crippen LogP contribution in [-0.4, -0.2) is 18.2 Å². The van der Waals surface area contributed by atoms with Crippen LogP contribution >= 0.6 is 0 Å². The number of nitrogens with one attached hydrogen (secondary N) is 1. The van der Waals surface area contributed by atoms with Crippen LogP contribution in [0.5, 0.6) is 5.75 Å². The minimum atomic E-state index is -4.44. The van der Waals surface area contributed by atoms with Gasteiger partial charge < -0.3 is 14.6 Å². The molecule has 3 aromatic rings. The lowest BCUT2D eigenvalue weighted by molar-refractivity contribution is -0.137. The number of hydrogen-bond donors (Lipinski definition) is 1. The number of alkyl halides is 3. The van der Waals surface area contributed by atoms with Crippen LogP contribution in [-0.2, 0) is 12.7 Å². The summed E-state index contributed by atoms with van der Waals surface area (Å²) in [6.45, 7) is 0.0585. The maximum absolute atomic E-state index is 12.5. The fourth-order valence-electron chi connectivity index (χ4n) is 2.37. The fourth-order valence-corrected chi connectivity index (χ4v) is 2.37. The molecule has 5 nitrogen and oxygen atoms in total. The molecule has 0 unspecified atom stereocenters. The number of methoxy groups -OCH3 is 1. The first-order chi connectivity index (χ1) is 12.9. The van der Waals surface area contributed by atoms with E-state index in [0.717, 1.165) is 29.8 Å². The van der Waals surface area contributed by atoms with Gasteiger partial charge in [-0.1, -0.05) is 5.16 Å². The Hall–Kier alpha value is -3.29. The van der Waals surface area contributed by atoms with Crippen molar-refractivity contribution in [1.29, 1.82) is 0 Å². The van der Waals surface area contributed by atoms with Crippen molar-refractivity contribution in [3.63, 3.8) is 0 Å². The van der Waals surface area contributed by atoms with Gasteiger partial charge in [0.05, 0.1) is 19.2 Å². The van der Waals surface area contributed by atoms with E-state index in [1.54, 1.807) is 25.3 Å². The number of amides is 1. The van der Waals surface area contributed by atoms with Crippen LogP contribution in [0.2, 0.25) is 0 Å². The summed E-state index contributed by atoms with van der Waals surface area (Å²) in [5.41, 5.74) is 0.729. The first-order valence-electron chi connectivity index (χ1n) is 7.92. The maximum atomic E-state index is 12.5. The first-order valence-corrected chi connectivity index (χ1v) is 7.92. The van der Waals surface area contributed by atoms with Crippen molar-refractivity contribution in [3.05, 3.63) is 71.5 Å². The highest BCUT2D eigenvalue weighted by molar-refractivity contribution is 5.94. The molecule has 0 aliphatic heterocycles. The Bertz CT molecular complexity index is 917. The Balaban J connectivity index is 1.61. The van der Waals surface area contributed by atoms with Gasteiger partial charge in [-0.2, -0.15) is 13.2 Å². The van der Waals surface area contributed by atoms with E-state index < -0.39 is 17.6 Å². The second kappa shape index (κ2) is 7.53. The third kappa shape index (κ3) is 4.46. The molecule has 3 rings (SSSR count). The number of ether oxygens (including phenoxy) is 1. The molecular weight excluding hydrogens is 361 g/mol. The number of rotatable bonds is 5. The van der Waals surface area contributed by atoms with Crippen LogP contribution in [0.25, 0.3) is 11.3 Å². The highest BCUT2D eigenvalue weighted by Gasteiger charge is 2.30. The molecule has 1 amide bonds. The summed E-state index contributed by atoms with van der Waals surface area (Å²) >= 11 is 0. The van der Waals surface area contributed by atoms with Gasteiger partial charge in [-0.15, -0.1) is 0 Å². The molecule has 1 N–H and O–H groups in total. The zero-order chi connectivity index (χ0) is 19.4. The molecule has 0 spiro atoms. The zero-order valence-electron chi connectivity index (χ0n) is 14.2. The summed E-state index contributed by atoms with van der Waals surface area (Å²) < 4.78 is 47.9. The van der Waals surface area contributed by atoms with Crippen LogP contribution in [0.3, 0.4) is 0 Å². The predicted molar refractivity (Wildman–Crippen MR) is 91.1 cm³/mol. The summed E-state index contributed by atoms with van der Waals surface area (Å²) in [6, 6.07) is 12.9. The lowest BCUT2D eigenvalue weighted by Crippen LogP contribution is -2.22. The van der Waals surface area contributed by atoms with E-state index in [4.69, 9.17) is 9.26 Å². The van der Waals surface area contributed by atoms with Gasteiger partial charge in [-0.05, 0) is 48.5 Å². The Kier molecular flexibility index (Phi) is 5.16. The van der Waals surface area contributed by atoms with Crippen LogP contribution in [0, 0.1) is 0 Å². The second-order valence-electron chi connectivity index (χ2n) is 5.66. The van der Waals surface area contributed by atoms with Crippen molar-refractivity contribution in [2.45, 2.75) is 12.7 Å². The normalized spacial score (nSPS) is 11.3. The van der Waals surface area contributed by atoms with Crippen molar-refractivity contribution in [3.8, 4) is 17.0 Å². The molecular formula is C19H15F3N2O3. The number of benzene rings is 2. The zero-order valence-corrected chi connectivity index (χ0v) is 14.2. The Labute approximate surface area is 152 Å². The average molecular weight is 376 g/mol. The van der Waals surface area contributed by atoms with Crippen LogP contribution in [0.1, 0.15) is 21.7 Å². The van der Waals surface area contributed by atoms with Crippen LogP contribution in [0.4, 0.5) is 13.2 Å². The number of carbonyl (C=O) groups is 1. The molecule has 140 valence electrons. The van der Waals surface area contributed by atoms with Crippen molar-refractivity contribution in [2.24, 2.45) is 0 Å². The highest BCUT2D eigenvalue weighted by Crippen LogP contribution is 2.29. The van der Waals surface area contributed by atoms with Crippen LogP contribution < -0.4 is 10.1 Å². The minimum Gasteiger partial charge on any atom is -0.497 e. The highest BCUT2D eigenvalue weighted by atomic mass is 19.4. The van der Waals surface area contributed by atoms with Crippen molar-refractivity contribution in [2.75, 3.05) is 7.11 Å². The average Bonchev–Trinajstić information content (AvgIpc) is 3.14. The van der Waals surface area contributed by atoms with Gasteiger partial charge in [0.25, 0.3) is 5.91 Å². The number of hydrogen-bond acceptors (Lipinski definition) is 4. The van der Waals surface area contributed by atoms with Crippen molar-refractivity contribution in [1.82, 2.24) is 10.5 Å². The third-order valence-electron chi connectivity index (χ3n) is 3.84. The Morgan fingerprint density at radius 3 is 2.37 bits per heavy atom. The standard InChI is InChI=1S/C19H15F3N2O3/c1-26-15-8-4-12(5-9-15)17-10-16(27-24-17)11-23-18(25)13-2-6-14(7-3-13)19(20,21)22/h2-10H,11H2,1H3,(H,23,25). The summed E-state index contributed by atoms with van der Waals surface area (Å²) in [5.74, 6) is 0.624. The summed E-state index contributed by atoms with van der Waals surface area (Å²) in [4.78, 5) is 12.1. The van der Waals surface area contributed by atoms with E-state index in [1.807, 2.05) is 12.1 Å². The molecule has 0 saturated carbocycles. The minimum absolute atomic E-state index is 0.0585. The van der Waals surface area contributed by atoms with Gasteiger partial charge >= 0.3 is 6.18 Å². The summed E-state index contributed by atoms with van der Waals surface area (Å²) in [6.07, 6.45) is -4.44. The maximum Gasteiger partial charge on any atom is 0.416 e. The molecule has 0 atom stereocenters. The molecule has 1 aromatic heterocycles. The molecule has 0 fully saturated rings. The fraction of sp³-hybridized carbons (Fsp3) is 0.158. The molecule has 0 radical (unpaired) electrons. The molecule has 0 bridgehead atoms. The summed E-state index contributed by atoms with van der Waals surface area (Å²) in [7, 11) is 1.57. The molecule has 8 heteroatoms. The van der Waals surface area contributed by atoms with Gasteiger partial charge in [-0.3, -0.25) is 4.79 Å². The summed E-state index contributed by atoms with van der Waals surface area (Å²) in [5, 5.41) is 6.52. The van der Waals surface area contributed by atoms with Crippen molar-refractivity contribution >= 4 is 5.91 Å². The number of halogens is 3. The predicted octanol–water partition coefficient (Wildman–Crippen LogP) is 4.30. The van der Waals surface area contributed by atoms with E-state index in [0.29, 0.717) is 17.2 Å². The van der Waals surface area contributed by atoms with Crippen molar-refractivity contribution < 1.29 is 27.2 Å². The first kappa shape index (κ1) is 18.5. The lowest BCUT2D eigenvalue weighted by atomic mass is 10.1. The molecule has 27 heavy (non-hydrogen) atoms. The van der Waals surface area contributed by atoms with Gasteiger partial charge in [-0.25, -0.2) is 0 Å². The Morgan fingerprint density at radius 1 is 1.11 bits per heavy atom. The molecule has 0 aliphatic carbocycles. The van der Waals surface area contributed by atoms with E-state index in [9.17, 15) is 18.0 Å². The van der Waals surface area contributed by atoms with Gasteiger partial charge in [0.1, 0.15) is 11.4 Å². The monoisotopic (exact) mass is 376 g/mol. The smallest absolute Gasteiger partial charge is 0.416 e. The third-order valence-corrected chi connectivity index (χ3v) is 3.84. The molecule has 0 aliphatic rings. The van der Waals surface area contributed by atoms with Gasteiger partial charge in [0.2, 0.25) is 0 Å². The largest absolute Gasteiger partial charge is 0.497 e. The molecule has 0 saturated heterocycles. The topological polar surface area (TPSA) is 64.4 Å². The number of aromatic nitrogens is 1. The SMILES string of the molecule is COc1ccc(-c2cc(CNC(=O)c3ccc(C(F)(F)F)cc3)on2)cc1.